The van der Waals surface area contributed by atoms with Crippen LogP contribution in [-0.4, -0.2) is 20.4 Å². The number of rotatable bonds is 1. The molecule has 25 heavy (non-hydrogen) atoms. The summed E-state index contributed by atoms with van der Waals surface area (Å²) in [5.74, 6) is 0.511. The van der Waals surface area contributed by atoms with Crippen molar-refractivity contribution in [3.63, 3.8) is 0 Å². The van der Waals surface area contributed by atoms with Gasteiger partial charge in [-0.05, 0) is 39.0 Å². The lowest BCUT2D eigenvalue weighted by Crippen LogP contribution is -2.23. The molecule has 2 aromatic carbocycles. The molecule has 1 N–H and O–H groups in total. The number of hydrogen-bond donors (Lipinski definition) is 1. The first-order valence-electron chi connectivity index (χ1n) is 8.13. The van der Waals surface area contributed by atoms with Crippen LogP contribution in [0.3, 0.4) is 0 Å². The highest BCUT2D eigenvalue weighted by Crippen LogP contribution is 2.35. The van der Waals surface area contributed by atoms with Crippen LogP contribution < -0.4 is 0 Å². The monoisotopic (exact) mass is 351 g/mol. The van der Waals surface area contributed by atoms with Crippen LogP contribution in [0.1, 0.15) is 35.3 Å². The topological polar surface area (TPSA) is 50.4 Å². The average molecular weight is 352 g/mol. The zero-order valence-corrected chi connectivity index (χ0v) is 15.0. The minimum absolute atomic E-state index is 0.511. The van der Waals surface area contributed by atoms with E-state index in [0.717, 1.165) is 28.2 Å². The van der Waals surface area contributed by atoms with Crippen LogP contribution in [0.15, 0.2) is 53.5 Å². The third-order valence-electron chi connectivity index (χ3n) is 4.60. The molecule has 1 aromatic heterocycles. The average Bonchev–Trinajstić information content (AvgIpc) is 2.85. The zero-order valence-electron chi connectivity index (χ0n) is 14.3. The highest BCUT2D eigenvalue weighted by atomic mass is 35.5. The molecule has 5 heteroatoms. The van der Waals surface area contributed by atoms with Gasteiger partial charge in [-0.1, -0.05) is 41.9 Å². The molecule has 1 unspecified atom stereocenters. The van der Waals surface area contributed by atoms with Gasteiger partial charge < -0.3 is 5.11 Å². The maximum absolute atomic E-state index is 11.1. The second kappa shape index (κ2) is 5.55. The fourth-order valence-corrected chi connectivity index (χ4v) is 3.43. The summed E-state index contributed by atoms with van der Waals surface area (Å²) >= 11 is 6.28. The number of aliphatic hydroxyl groups is 1. The number of aryl methyl sites for hydroxylation is 1. The van der Waals surface area contributed by atoms with E-state index in [4.69, 9.17) is 11.6 Å². The Hall–Kier alpha value is -2.43. The van der Waals surface area contributed by atoms with Gasteiger partial charge in [0.1, 0.15) is 0 Å². The Labute approximate surface area is 151 Å². The summed E-state index contributed by atoms with van der Waals surface area (Å²) in [6, 6.07) is 15.5. The smallest absolute Gasteiger partial charge is 0.213 e. The molecule has 1 aliphatic heterocycles. The molecular formula is C20H18ClN3O. The van der Waals surface area contributed by atoms with Gasteiger partial charge in [-0.15, -0.1) is 0 Å². The molecule has 1 aliphatic rings. The number of hydrogen-bond acceptors (Lipinski definition) is 3. The highest BCUT2D eigenvalue weighted by Gasteiger charge is 2.35. The molecule has 4 nitrogen and oxygen atoms in total. The van der Waals surface area contributed by atoms with E-state index in [2.05, 4.69) is 9.98 Å². The van der Waals surface area contributed by atoms with Crippen LogP contribution >= 0.6 is 11.6 Å². The number of nitrogens with zero attached hydrogens (tertiary/aromatic N) is 3. The van der Waals surface area contributed by atoms with Crippen LogP contribution in [0.2, 0.25) is 5.02 Å². The van der Waals surface area contributed by atoms with Crippen LogP contribution in [-0.2, 0) is 5.72 Å². The van der Waals surface area contributed by atoms with Gasteiger partial charge in [-0.3, -0.25) is 4.57 Å². The lowest BCUT2D eigenvalue weighted by atomic mass is 10.0. The van der Waals surface area contributed by atoms with E-state index in [0.29, 0.717) is 16.6 Å². The minimum atomic E-state index is -1.45. The van der Waals surface area contributed by atoms with Gasteiger partial charge in [-0.25, -0.2) is 9.98 Å². The number of aromatic nitrogens is 2. The largest absolute Gasteiger partial charge is 0.363 e. The fraction of sp³-hybridized carbons (Fsp3) is 0.200. The van der Waals surface area contributed by atoms with Crippen molar-refractivity contribution in [1.82, 2.24) is 9.55 Å². The number of fused-ring (bicyclic) bond motifs is 3. The maximum atomic E-state index is 11.1. The first kappa shape index (κ1) is 16.1. The van der Waals surface area contributed by atoms with Gasteiger partial charge in [-0.2, -0.15) is 0 Å². The third-order valence-corrected chi connectivity index (χ3v) is 4.83. The number of halogens is 1. The quantitative estimate of drug-likeness (QED) is 0.715. The van der Waals surface area contributed by atoms with E-state index in [1.165, 1.54) is 0 Å². The van der Waals surface area contributed by atoms with Crippen molar-refractivity contribution in [2.24, 2.45) is 4.99 Å². The summed E-state index contributed by atoms with van der Waals surface area (Å²) in [7, 11) is 0. The summed E-state index contributed by atoms with van der Waals surface area (Å²) in [6.07, 6.45) is 0. The van der Waals surface area contributed by atoms with Crippen molar-refractivity contribution in [2.75, 3.05) is 0 Å². The fourth-order valence-electron chi connectivity index (χ4n) is 3.26. The molecule has 1 atom stereocenters. The number of benzene rings is 2. The van der Waals surface area contributed by atoms with E-state index in [1.807, 2.05) is 66.9 Å². The van der Waals surface area contributed by atoms with E-state index in [1.54, 1.807) is 6.92 Å². The van der Waals surface area contributed by atoms with Crippen molar-refractivity contribution < 1.29 is 5.11 Å². The maximum Gasteiger partial charge on any atom is 0.213 e. The Bertz CT molecular complexity index is 1000. The van der Waals surface area contributed by atoms with Crippen LogP contribution in [0, 0.1) is 13.8 Å². The standard InChI is InChI=1S/C20H18ClN3O/c1-12-13(2)24-17-10-9-15(21)11-16(17)18(14-7-5-4-6-8-14)23-20(3,25)19(24)22-12/h4-11,25H,1-3H3. The number of imidazole rings is 1. The lowest BCUT2D eigenvalue weighted by Gasteiger charge is -2.18. The molecule has 0 fully saturated rings. The van der Waals surface area contributed by atoms with Gasteiger partial charge in [0, 0.05) is 21.8 Å². The Kier molecular flexibility index (Phi) is 3.56. The first-order valence-corrected chi connectivity index (χ1v) is 8.50. The minimum Gasteiger partial charge on any atom is -0.363 e. The van der Waals surface area contributed by atoms with E-state index >= 15 is 0 Å². The second-order valence-electron chi connectivity index (χ2n) is 6.45. The van der Waals surface area contributed by atoms with E-state index < -0.39 is 5.72 Å². The lowest BCUT2D eigenvalue weighted by molar-refractivity contribution is 0.0570. The highest BCUT2D eigenvalue weighted by molar-refractivity contribution is 6.31. The molecule has 2 heterocycles. The molecule has 0 spiro atoms. The molecule has 126 valence electrons. The molecule has 4 rings (SSSR count). The molecular weight excluding hydrogens is 334 g/mol. The first-order chi connectivity index (χ1) is 11.9. The van der Waals surface area contributed by atoms with Gasteiger partial charge in [0.15, 0.2) is 5.82 Å². The molecule has 0 bridgehead atoms. The van der Waals surface area contributed by atoms with Crippen molar-refractivity contribution in [3.8, 4) is 5.69 Å². The summed E-state index contributed by atoms with van der Waals surface area (Å²) in [5, 5.41) is 11.7. The zero-order chi connectivity index (χ0) is 17.8. The van der Waals surface area contributed by atoms with Gasteiger partial charge in [0.2, 0.25) is 5.72 Å². The molecule has 0 saturated heterocycles. The Morgan fingerprint density at radius 1 is 1.08 bits per heavy atom. The number of aliphatic imine (C=N–C) groups is 1. The molecule has 0 aliphatic carbocycles. The predicted molar refractivity (Wildman–Crippen MR) is 99.7 cm³/mol. The summed E-state index contributed by atoms with van der Waals surface area (Å²) in [4.78, 5) is 9.27. The van der Waals surface area contributed by atoms with Crippen molar-refractivity contribution in [3.05, 3.63) is 81.9 Å². The van der Waals surface area contributed by atoms with Crippen LogP contribution in [0.25, 0.3) is 5.69 Å². The second-order valence-corrected chi connectivity index (χ2v) is 6.89. The Morgan fingerprint density at radius 3 is 2.52 bits per heavy atom. The molecule has 3 aromatic rings. The van der Waals surface area contributed by atoms with Crippen LogP contribution in [0.4, 0.5) is 0 Å². The van der Waals surface area contributed by atoms with Crippen molar-refractivity contribution in [2.45, 2.75) is 26.5 Å². The summed E-state index contributed by atoms with van der Waals surface area (Å²) < 4.78 is 1.97. The molecule has 0 amide bonds. The van der Waals surface area contributed by atoms with E-state index in [9.17, 15) is 5.11 Å². The third kappa shape index (κ3) is 2.49. The molecule has 0 radical (unpaired) electrons. The van der Waals surface area contributed by atoms with Gasteiger partial charge in [0.05, 0.1) is 17.1 Å². The Balaban J connectivity index is 2.12. The van der Waals surface area contributed by atoms with Crippen LogP contribution in [0.5, 0.6) is 0 Å². The molecule has 0 saturated carbocycles. The summed E-state index contributed by atoms with van der Waals surface area (Å²) in [6.45, 7) is 5.60. The van der Waals surface area contributed by atoms with Crippen molar-refractivity contribution >= 4 is 17.3 Å². The van der Waals surface area contributed by atoms with Gasteiger partial charge >= 0.3 is 0 Å². The predicted octanol–water partition coefficient (Wildman–Crippen LogP) is 4.16. The van der Waals surface area contributed by atoms with Gasteiger partial charge in [0.25, 0.3) is 0 Å². The van der Waals surface area contributed by atoms with E-state index in [-0.39, 0.29) is 0 Å². The van der Waals surface area contributed by atoms with Crippen molar-refractivity contribution in [1.29, 1.82) is 0 Å². The summed E-state index contributed by atoms with van der Waals surface area (Å²) in [5.41, 5.74) is 3.81. The SMILES string of the molecule is Cc1nc2n(c1C)-c1ccc(Cl)cc1C(c1ccccc1)=NC2(C)O. The normalized spacial score (nSPS) is 19.0. The Morgan fingerprint density at radius 2 is 1.80 bits per heavy atom.